The van der Waals surface area contributed by atoms with Crippen LogP contribution in [0, 0.1) is 5.92 Å². The standard InChI is InChI=1S/C17H24N2O3/c1-12(11-19-8-4-5-9-19)16(20)14-10-15(18-22-14)17(3)7-6-13(2)21-17/h6,10,12H,4-5,7-9,11H2,1-3H3. The van der Waals surface area contributed by atoms with Crippen molar-refractivity contribution in [2.75, 3.05) is 19.6 Å². The quantitative estimate of drug-likeness (QED) is 0.782. The van der Waals surface area contributed by atoms with E-state index in [-0.39, 0.29) is 11.7 Å². The molecule has 120 valence electrons. The average molecular weight is 304 g/mol. The highest BCUT2D eigenvalue weighted by Crippen LogP contribution is 2.36. The van der Waals surface area contributed by atoms with Crippen LogP contribution in [0.5, 0.6) is 0 Å². The molecule has 0 bridgehead atoms. The van der Waals surface area contributed by atoms with Crippen LogP contribution in [0.3, 0.4) is 0 Å². The van der Waals surface area contributed by atoms with E-state index in [1.807, 2.05) is 26.8 Å². The maximum absolute atomic E-state index is 12.5. The van der Waals surface area contributed by atoms with Crippen LogP contribution in [0.1, 0.15) is 56.3 Å². The van der Waals surface area contributed by atoms with E-state index < -0.39 is 5.60 Å². The largest absolute Gasteiger partial charge is 0.486 e. The van der Waals surface area contributed by atoms with Gasteiger partial charge in [0, 0.05) is 24.9 Å². The fraction of sp³-hybridized carbons (Fsp3) is 0.647. The van der Waals surface area contributed by atoms with E-state index in [1.54, 1.807) is 6.07 Å². The summed E-state index contributed by atoms with van der Waals surface area (Å²) in [4.78, 5) is 14.9. The van der Waals surface area contributed by atoms with Crippen LogP contribution in [0.25, 0.3) is 0 Å². The SMILES string of the molecule is CC1=CCC(C)(c2cc(C(=O)C(C)CN3CCCC3)on2)O1. The summed E-state index contributed by atoms with van der Waals surface area (Å²) in [7, 11) is 0. The van der Waals surface area contributed by atoms with E-state index in [0.29, 0.717) is 11.5 Å². The molecule has 0 aliphatic carbocycles. The van der Waals surface area contributed by atoms with Gasteiger partial charge < -0.3 is 14.2 Å². The van der Waals surface area contributed by atoms with Crippen molar-refractivity contribution < 1.29 is 14.1 Å². The molecule has 0 radical (unpaired) electrons. The molecule has 3 heterocycles. The number of carbonyl (C=O) groups is 1. The zero-order valence-electron chi connectivity index (χ0n) is 13.6. The second kappa shape index (κ2) is 5.88. The molecule has 2 aliphatic rings. The van der Waals surface area contributed by atoms with Crippen molar-refractivity contribution in [1.29, 1.82) is 0 Å². The van der Waals surface area contributed by atoms with Crippen molar-refractivity contribution >= 4 is 5.78 Å². The Morgan fingerprint density at radius 2 is 2.18 bits per heavy atom. The van der Waals surface area contributed by atoms with Gasteiger partial charge in [0.1, 0.15) is 5.69 Å². The fourth-order valence-electron chi connectivity index (χ4n) is 3.25. The molecular weight excluding hydrogens is 280 g/mol. The number of hydrogen-bond donors (Lipinski definition) is 0. The number of ether oxygens (including phenoxy) is 1. The predicted molar refractivity (Wildman–Crippen MR) is 82.5 cm³/mol. The molecule has 0 saturated carbocycles. The van der Waals surface area contributed by atoms with Gasteiger partial charge >= 0.3 is 0 Å². The first-order chi connectivity index (χ1) is 10.5. The van der Waals surface area contributed by atoms with Gasteiger partial charge in [0.2, 0.25) is 11.5 Å². The number of allylic oxidation sites excluding steroid dienone is 1. The van der Waals surface area contributed by atoms with Crippen LogP contribution in [0.15, 0.2) is 22.4 Å². The molecule has 0 amide bonds. The maximum Gasteiger partial charge on any atom is 0.204 e. The highest BCUT2D eigenvalue weighted by molar-refractivity contribution is 5.95. The fourth-order valence-corrected chi connectivity index (χ4v) is 3.25. The van der Waals surface area contributed by atoms with Crippen molar-refractivity contribution in [2.24, 2.45) is 5.92 Å². The number of rotatable bonds is 5. The third-order valence-electron chi connectivity index (χ3n) is 4.64. The van der Waals surface area contributed by atoms with Gasteiger partial charge in [-0.25, -0.2) is 0 Å². The van der Waals surface area contributed by atoms with Crippen LogP contribution in [-0.2, 0) is 10.3 Å². The van der Waals surface area contributed by atoms with Crippen molar-refractivity contribution in [3.05, 3.63) is 29.4 Å². The summed E-state index contributed by atoms with van der Waals surface area (Å²) in [6, 6.07) is 1.75. The average Bonchev–Trinajstić information content (AvgIpc) is 3.19. The molecule has 22 heavy (non-hydrogen) atoms. The molecular formula is C17H24N2O3. The van der Waals surface area contributed by atoms with Gasteiger partial charge in [0.05, 0.1) is 5.76 Å². The lowest BCUT2D eigenvalue weighted by Gasteiger charge is -2.21. The van der Waals surface area contributed by atoms with Crippen molar-refractivity contribution in [1.82, 2.24) is 10.1 Å². The minimum absolute atomic E-state index is 0.0249. The molecule has 0 N–H and O–H groups in total. The molecule has 0 spiro atoms. The van der Waals surface area contributed by atoms with Crippen LogP contribution in [0.2, 0.25) is 0 Å². The third kappa shape index (κ3) is 2.95. The highest BCUT2D eigenvalue weighted by Gasteiger charge is 2.36. The maximum atomic E-state index is 12.5. The monoisotopic (exact) mass is 304 g/mol. The van der Waals surface area contributed by atoms with Crippen LogP contribution >= 0.6 is 0 Å². The number of aromatic nitrogens is 1. The summed E-state index contributed by atoms with van der Waals surface area (Å²) < 4.78 is 11.1. The molecule has 1 aromatic heterocycles. The third-order valence-corrected chi connectivity index (χ3v) is 4.64. The van der Waals surface area contributed by atoms with Gasteiger partial charge in [-0.15, -0.1) is 0 Å². The van der Waals surface area contributed by atoms with E-state index in [1.165, 1.54) is 12.8 Å². The Kier molecular flexibility index (Phi) is 4.08. The first-order valence-corrected chi connectivity index (χ1v) is 8.07. The topological polar surface area (TPSA) is 55.6 Å². The molecule has 5 nitrogen and oxygen atoms in total. The number of nitrogens with zero attached hydrogens (tertiary/aromatic N) is 2. The summed E-state index contributed by atoms with van der Waals surface area (Å²) >= 11 is 0. The zero-order valence-corrected chi connectivity index (χ0v) is 13.6. The smallest absolute Gasteiger partial charge is 0.204 e. The Bertz CT molecular complexity index is 586. The second-order valence-corrected chi connectivity index (χ2v) is 6.70. The molecule has 2 aliphatic heterocycles. The second-order valence-electron chi connectivity index (χ2n) is 6.70. The summed E-state index contributed by atoms with van der Waals surface area (Å²) in [5, 5.41) is 4.07. The minimum Gasteiger partial charge on any atom is -0.486 e. The summed E-state index contributed by atoms with van der Waals surface area (Å²) in [5.74, 6) is 1.19. The van der Waals surface area contributed by atoms with Crippen molar-refractivity contribution in [3.63, 3.8) is 0 Å². The molecule has 3 rings (SSSR count). The summed E-state index contributed by atoms with van der Waals surface area (Å²) in [6.45, 7) is 8.84. The van der Waals surface area contributed by atoms with Gasteiger partial charge in [0.25, 0.3) is 0 Å². The van der Waals surface area contributed by atoms with E-state index in [4.69, 9.17) is 9.26 Å². The lowest BCUT2D eigenvalue weighted by molar-refractivity contribution is 0.0345. The molecule has 5 heteroatoms. The molecule has 2 atom stereocenters. The Hall–Kier alpha value is -1.62. The molecule has 2 unspecified atom stereocenters. The molecule has 0 aromatic carbocycles. The number of Topliss-reactive ketones (excluding diaryl/α,β-unsaturated/α-hetero) is 1. The summed E-state index contributed by atoms with van der Waals surface area (Å²) in [5.41, 5.74) is 0.182. The Morgan fingerprint density at radius 1 is 1.45 bits per heavy atom. The van der Waals surface area contributed by atoms with Crippen LogP contribution in [0.4, 0.5) is 0 Å². The van der Waals surface area contributed by atoms with Crippen LogP contribution < -0.4 is 0 Å². The predicted octanol–water partition coefficient (Wildman–Crippen LogP) is 3.13. The zero-order chi connectivity index (χ0) is 15.7. The van der Waals surface area contributed by atoms with Crippen molar-refractivity contribution in [2.45, 2.75) is 45.6 Å². The van der Waals surface area contributed by atoms with E-state index in [2.05, 4.69) is 10.1 Å². The Balaban J connectivity index is 1.66. The van der Waals surface area contributed by atoms with E-state index in [0.717, 1.165) is 31.8 Å². The van der Waals surface area contributed by atoms with Crippen LogP contribution in [-0.4, -0.2) is 35.5 Å². The van der Waals surface area contributed by atoms with Crippen molar-refractivity contribution in [3.8, 4) is 0 Å². The molecule has 1 saturated heterocycles. The number of likely N-dealkylation sites (tertiary alicyclic amines) is 1. The van der Waals surface area contributed by atoms with Gasteiger partial charge in [-0.05, 0) is 45.9 Å². The van der Waals surface area contributed by atoms with E-state index in [9.17, 15) is 4.79 Å². The Labute approximate surface area is 131 Å². The lowest BCUT2D eigenvalue weighted by atomic mass is 9.97. The number of hydrogen-bond acceptors (Lipinski definition) is 5. The van der Waals surface area contributed by atoms with Gasteiger partial charge in [0.15, 0.2) is 5.60 Å². The van der Waals surface area contributed by atoms with Gasteiger partial charge in [-0.3, -0.25) is 4.79 Å². The highest BCUT2D eigenvalue weighted by atomic mass is 16.5. The normalized spacial score (nSPS) is 26.8. The molecule has 1 aromatic rings. The number of ketones is 1. The number of carbonyl (C=O) groups excluding carboxylic acids is 1. The minimum atomic E-state index is -0.510. The van der Waals surface area contributed by atoms with Gasteiger partial charge in [-0.2, -0.15) is 0 Å². The molecule has 1 fully saturated rings. The Morgan fingerprint density at radius 3 is 2.82 bits per heavy atom. The van der Waals surface area contributed by atoms with Gasteiger partial charge in [-0.1, -0.05) is 12.1 Å². The first kappa shape index (κ1) is 15.3. The first-order valence-electron chi connectivity index (χ1n) is 8.07. The lowest BCUT2D eigenvalue weighted by Crippen LogP contribution is -2.29. The van der Waals surface area contributed by atoms with E-state index >= 15 is 0 Å². The summed E-state index contributed by atoms with van der Waals surface area (Å²) in [6.07, 6.45) is 5.25.